The number of aryl methyl sites for hydroxylation is 2. The number of nitrogens with zero attached hydrogens (tertiary/aromatic N) is 1. The third kappa shape index (κ3) is 4.94. The van der Waals surface area contributed by atoms with E-state index in [0.717, 1.165) is 30.4 Å². The minimum atomic E-state index is -0.465. The van der Waals surface area contributed by atoms with E-state index in [9.17, 15) is 4.79 Å². The normalized spacial score (nSPS) is 11.7. The number of thiazole rings is 1. The van der Waals surface area contributed by atoms with Crippen LogP contribution in [-0.2, 0) is 17.6 Å². The van der Waals surface area contributed by atoms with Crippen molar-refractivity contribution in [3.63, 3.8) is 0 Å². The fourth-order valence-electron chi connectivity index (χ4n) is 1.90. The molecule has 22 heavy (non-hydrogen) atoms. The van der Waals surface area contributed by atoms with E-state index in [0.29, 0.717) is 5.13 Å². The molecular weight excluding hydrogens is 298 g/mol. The fourth-order valence-corrected chi connectivity index (χ4v) is 2.69. The van der Waals surface area contributed by atoms with Gasteiger partial charge in [0.25, 0.3) is 0 Å². The van der Waals surface area contributed by atoms with Crippen LogP contribution in [0.2, 0.25) is 0 Å². The van der Waals surface area contributed by atoms with Gasteiger partial charge in [0.1, 0.15) is 6.17 Å². The fraction of sp³-hybridized carbons (Fsp3) is 0.267. The van der Waals surface area contributed by atoms with E-state index in [1.54, 1.807) is 0 Å². The van der Waals surface area contributed by atoms with Crippen molar-refractivity contribution in [3.8, 4) is 0 Å². The molecule has 6 nitrogen and oxygen atoms in total. The smallest absolute Gasteiger partial charge is 0.223 e. The van der Waals surface area contributed by atoms with E-state index in [1.165, 1.54) is 23.8 Å². The van der Waals surface area contributed by atoms with Crippen LogP contribution < -0.4 is 16.4 Å². The Balaban J connectivity index is 1.87. The predicted molar refractivity (Wildman–Crippen MR) is 90.6 cm³/mol. The Morgan fingerprint density at radius 3 is 2.77 bits per heavy atom. The van der Waals surface area contributed by atoms with Gasteiger partial charge in [-0.05, 0) is 30.5 Å². The molecule has 0 saturated heterocycles. The van der Waals surface area contributed by atoms with Gasteiger partial charge in [-0.25, -0.2) is 4.98 Å². The van der Waals surface area contributed by atoms with E-state index in [4.69, 9.17) is 11.1 Å². The lowest BCUT2D eigenvalue weighted by Gasteiger charge is -2.10. The first-order valence-electron chi connectivity index (χ1n) is 6.90. The van der Waals surface area contributed by atoms with Gasteiger partial charge in [-0.3, -0.25) is 4.79 Å². The number of carbonyl (C=O) groups is 1. The molecule has 1 heterocycles. The molecule has 0 spiro atoms. The van der Waals surface area contributed by atoms with Crippen LogP contribution in [0.15, 0.2) is 29.6 Å². The SMILES string of the molecule is CC(=O)Nc1nc(CCc2ccc(NC(N)C=N)cc2)cs1. The van der Waals surface area contributed by atoms with Crippen LogP contribution in [-0.4, -0.2) is 23.3 Å². The van der Waals surface area contributed by atoms with Gasteiger partial charge < -0.3 is 21.8 Å². The Morgan fingerprint density at radius 1 is 1.41 bits per heavy atom. The molecule has 1 atom stereocenters. The van der Waals surface area contributed by atoms with Crippen molar-refractivity contribution in [3.05, 3.63) is 40.9 Å². The number of benzene rings is 1. The molecule has 1 aromatic carbocycles. The first-order chi connectivity index (χ1) is 10.6. The number of carbonyl (C=O) groups excluding carboxylic acids is 1. The summed E-state index contributed by atoms with van der Waals surface area (Å²) in [6.07, 6.45) is 2.39. The first kappa shape index (κ1) is 16.1. The Hall–Kier alpha value is -2.25. The molecule has 0 saturated carbocycles. The van der Waals surface area contributed by atoms with Crippen LogP contribution in [0, 0.1) is 5.41 Å². The molecule has 1 aromatic heterocycles. The van der Waals surface area contributed by atoms with Crippen LogP contribution in [0.25, 0.3) is 0 Å². The molecule has 0 radical (unpaired) electrons. The summed E-state index contributed by atoms with van der Waals surface area (Å²) in [6.45, 7) is 1.47. The quantitative estimate of drug-likeness (QED) is 0.464. The van der Waals surface area contributed by atoms with Gasteiger partial charge in [-0.2, -0.15) is 0 Å². The van der Waals surface area contributed by atoms with Gasteiger partial charge in [0.05, 0.1) is 5.69 Å². The summed E-state index contributed by atoms with van der Waals surface area (Å²) >= 11 is 1.44. The third-order valence-electron chi connectivity index (χ3n) is 2.97. The Kier molecular flexibility index (Phi) is 5.62. The van der Waals surface area contributed by atoms with Crippen LogP contribution in [0.4, 0.5) is 10.8 Å². The number of amides is 1. The number of hydrogen-bond donors (Lipinski definition) is 4. The average Bonchev–Trinajstić information content (AvgIpc) is 2.93. The van der Waals surface area contributed by atoms with E-state index in [-0.39, 0.29) is 5.91 Å². The Labute approximate surface area is 133 Å². The Morgan fingerprint density at radius 2 is 2.14 bits per heavy atom. The van der Waals surface area contributed by atoms with Gasteiger partial charge in [0.15, 0.2) is 5.13 Å². The molecule has 116 valence electrons. The van der Waals surface area contributed by atoms with Gasteiger partial charge in [0, 0.05) is 24.2 Å². The van der Waals surface area contributed by atoms with Gasteiger partial charge >= 0.3 is 0 Å². The molecule has 5 N–H and O–H groups in total. The largest absolute Gasteiger partial charge is 0.365 e. The summed E-state index contributed by atoms with van der Waals surface area (Å²) in [7, 11) is 0. The van der Waals surface area contributed by atoms with Gasteiger partial charge in [-0.1, -0.05) is 12.1 Å². The first-order valence-corrected chi connectivity index (χ1v) is 7.78. The minimum Gasteiger partial charge on any atom is -0.365 e. The minimum absolute atomic E-state index is 0.105. The van der Waals surface area contributed by atoms with Crippen molar-refractivity contribution < 1.29 is 4.79 Å². The zero-order valence-electron chi connectivity index (χ0n) is 12.3. The zero-order valence-corrected chi connectivity index (χ0v) is 13.1. The average molecular weight is 317 g/mol. The van der Waals surface area contributed by atoms with Gasteiger partial charge in [0.2, 0.25) is 5.91 Å². The van der Waals surface area contributed by atoms with Crippen LogP contribution in [0.5, 0.6) is 0 Å². The monoisotopic (exact) mass is 317 g/mol. The molecule has 0 fully saturated rings. The maximum atomic E-state index is 11.0. The number of nitrogens with two attached hydrogens (primary N) is 1. The van der Waals surface area contributed by atoms with Crippen molar-refractivity contribution in [1.82, 2.24) is 4.98 Å². The van der Waals surface area contributed by atoms with Crippen molar-refractivity contribution >= 4 is 34.3 Å². The van der Waals surface area contributed by atoms with E-state index >= 15 is 0 Å². The molecule has 2 aromatic rings. The third-order valence-corrected chi connectivity index (χ3v) is 3.78. The standard InChI is InChI=1S/C15H19N5OS/c1-10(21)18-15-20-13(9-22-15)7-4-11-2-5-12(6-3-11)19-14(17)8-16/h2-3,5-6,8-9,14,16,19H,4,7,17H2,1H3,(H,18,20,21). The summed E-state index contributed by atoms with van der Waals surface area (Å²) < 4.78 is 0. The van der Waals surface area contributed by atoms with Gasteiger partial charge in [-0.15, -0.1) is 11.3 Å². The van der Waals surface area contributed by atoms with E-state index in [1.807, 2.05) is 29.6 Å². The van der Waals surface area contributed by atoms with E-state index in [2.05, 4.69) is 15.6 Å². The Bertz CT molecular complexity index is 638. The number of anilines is 2. The molecule has 0 aliphatic heterocycles. The number of rotatable bonds is 7. The predicted octanol–water partition coefficient (Wildman–Crippen LogP) is 2.23. The van der Waals surface area contributed by atoms with Crippen molar-refractivity contribution in [2.45, 2.75) is 25.9 Å². The highest BCUT2D eigenvalue weighted by atomic mass is 32.1. The molecule has 7 heteroatoms. The van der Waals surface area contributed by atoms with Crippen LogP contribution >= 0.6 is 11.3 Å². The number of aromatic nitrogens is 1. The van der Waals surface area contributed by atoms with Crippen LogP contribution in [0.1, 0.15) is 18.2 Å². The summed E-state index contributed by atoms with van der Waals surface area (Å²) in [6, 6.07) is 7.95. The number of hydrogen-bond acceptors (Lipinski definition) is 6. The maximum absolute atomic E-state index is 11.0. The highest BCUT2D eigenvalue weighted by molar-refractivity contribution is 7.13. The molecule has 0 aliphatic rings. The lowest BCUT2D eigenvalue weighted by atomic mass is 10.1. The molecule has 0 aliphatic carbocycles. The lowest BCUT2D eigenvalue weighted by Crippen LogP contribution is -2.30. The second kappa shape index (κ2) is 7.67. The molecule has 2 rings (SSSR count). The molecule has 0 bridgehead atoms. The maximum Gasteiger partial charge on any atom is 0.223 e. The summed E-state index contributed by atoms with van der Waals surface area (Å²) in [5.41, 5.74) is 8.68. The second-order valence-electron chi connectivity index (χ2n) is 4.86. The second-order valence-corrected chi connectivity index (χ2v) is 5.72. The van der Waals surface area contributed by atoms with Crippen LogP contribution in [0.3, 0.4) is 0 Å². The van der Waals surface area contributed by atoms with Crippen molar-refractivity contribution in [1.29, 1.82) is 5.41 Å². The summed E-state index contributed by atoms with van der Waals surface area (Å²) in [5, 5.41) is 15.3. The summed E-state index contributed by atoms with van der Waals surface area (Å²) in [4.78, 5) is 15.3. The highest BCUT2D eigenvalue weighted by Gasteiger charge is 2.04. The molecule has 1 unspecified atom stereocenters. The summed E-state index contributed by atoms with van der Waals surface area (Å²) in [5.74, 6) is -0.105. The topological polar surface area (TPSA) is 104 Å². The zero-order chi connectivity index (χ0) is 15.9. The number of nitrogens with one attached hydrogen (secondary N) is 3. The van der Waals surface area contributed by atoms with Crippen molar-refractivity contribution in [2.24, 2.45) is 5.73 Å². The highest BCUT2D eigenvalue weighted by Crippen LogP contribution is 2.17. The molecule has 1 amide bonds. The lowest BCUT2D eigenvalue weighted by molar-refractivity contribution is -0.114. The van der Waals surface area contributed by atoms with Crippen molar-refractivity contribution in [2.75, 3.05) is 10.6 Å². The van der Waals surface area contributed by atoms with E-state index < -0.39 is 6.17 Å². The molecular formula is C15H19N5OS.